The molecule has 0 aromatic heterocycles. The van der Waals surface area contributed by atoms with E-state index < -0.39 is 10.4 Å². The minimum Gasteiger partial charge on any atom is -0.248 e. The average molecular weight is 575 g/mol. The van der Waals surface area contributed by atoms with Gasteiger partial charge in [0.05, 0.1) is 13.2 Å². The standard InChI is InChI=1S/C34H70O4S/c1-5-7-9-15-21-27-33(3)29-23-17-11-13-19-25-31-37-39(35,36)38-32-26-20-14-12-18-24-30-34(4)28-22-16-10-8-6-2/h33-34H,5-32H2,1-4H3. The summed E-state index contributed by atoms with van der Waals surface area (Å²) >= 11 is 0. The second kappa shape index (κ2) is 29.4. The maximum Gasteiger partial charge on any atom is 0.399 e. The van der Waals surface area contributed by atoms with Gasteiger partial charge in [0.15, 0.2) is 0 Å². The third kappa shape index (κ3) is 30.7. The normalized spacial score (nSPS) is 13.6. The van der Waals surface area contributed by atoms with Crippen molar-refractivity contribution in [2.24, 2.45) is 11.8 Å². The molecule has 0 aromatic rings. The molecule has 0 aromatic carbocycles. The maximum absolute atomic E-state index is 11.9. The van der Waals surface area contributed by atoms with E-state index in [0.29, 0.717) is 0 Å². The first kappa shape index (κ1) is 38.9. The number of rotatable bonds is 32. The van der Waals surface area contributed by atoms with Gasteiger partial charge in [0, 0.05) is 0 Å². The maximum atomic E-state index is 11.9. The van der Waals surface area contributed by atoms with Crippen LogP contribution in [0.1, 0.15) is 195 Å². The minimum atomic E-state index is -3.83. The van der Waals surface area contributed by atoms with E-state index in [9.17, 15) is 8.42 Å². The molecule has 0 aliphatic heterocycles. The number of hydrogen-bond acceptors (Lipinski definition) is 4. The van der Waals surface area contributed by atoms with Crippen molar-refractivity contribution in [1.82, 2.24) is 0 Å². The van der Waals surface area contributed by atoms with E-state index in [2.05, 4.69) is 27.7 Å². The zero-order valence-electron chi connectivity index (χ0n) is 27.0. The molecule has 0 bridgehead atoms. The highest BCUT2D eigenvalue weighted by Gasteiger charge is 2.11. The van der Waals surface area contributed by atoms with Gasteiger partial charge in [-0.25, -0.2) is 8.37 Å². The highest BCUT2D eigenvalue weighted by molar-refractivity contribution is 7.81. The summed E-state index contributed by atoms with van der Waals surface area (Å²) in [5.74, 6) is 1.72. The van der Waals surface area contributed by atoms with E-state index in [1.54, 1.807) is 0 Å². The Balaban J connectivity index is 3.43. The van der Waals surface area contributed by atoms with Crippen LogP contribution in [0.5, 0.6) is 0 Å². The Morgan fingerprint density at radius 3 is 0.974 bits per heavy atom. The largest absolute Gasteiger partial charge is 0.399 e. The molecule has 0 spiro atoms. The average Bonchev–Trinajstić information content (AvgIpc) is 2.90. The highest BCUT2D eigenvalue weighted by atomic mass is 32.3. The van der Waals surface area contributed by atoms with Crippen LogP contribution in [0.4, 0.5) is 0 Å². The van der Waals surface area contributed by atoms with Crippen LogP contribution in [0.15, 0.2) is 0 Å². The van der Waals surface area contributed by atoms with Crippen LogP contribution in [-0.4, -0.2) is 21.6 Å². The lowest BCUT2D eigenvalue weighted by molar-refractivity contribution is 0.208. The molecule has 5 heteroatoms. The molecule has 0 heterocycles. The predicted octanol–water partition coefficient (Wildman–Crippen LogP) is 11.7. The van der Waals surface area contributed by atoms with Gasteiger partial charge in [0.25, 0.3) is 0 Å². The topological polar surface area (TPSA) is 52.6 Å². The van der Waals surface area contributed by atoms with Gasteiger partial charge >= 0.3 is 10.4 Å². The van der Waals surface area contributed by atoms with E-state index in [1.807, 2.05) is 0 Å². The van der Waals surface area contributed by atoms with Crippen LogP contribution in [0.2, 0.25) is 0 Å². The van der Waals surface area contributed by atoms with E-state index in [0.717, 1.165) is 50.4 Å². The van der Waals surface area contributed by atoms with Crippen LogP contribution in [-0.2, 0) is 18.8 Å². The summed E-state index contributed by atoms with van der Waals surface area (Å²) < 4.78 is 33.9. The van der Waals surface area contributed by atoms with E-state index in [4.69, 9.17) is 8.37 Å². The summed E-state index contributed by atoms with van der Waals surface area (Å²) in [4.78, 5) is 0. The summed E-state index contributed by atoms with van der Waals surface area (Å²) in [6.45, 7) is 9.84. The van der Waals surface area contributed by atoms with Gasteiger partial charge in [0.1, 0.15) is 0 Å². The van der Waals surface area contributed by atoms with E-state index in [-0.39, 0.29) is 13.2 Å². The highest BCUT2D eigenvalue weighted by Crippen LogP contribution is 2.19. The van der Waals surface area contributed by atoms with Crippen LogP contribution >= 0.6 is 0 Å². The molecule has 0 radical (unpaired) electrons. The van der Waals surface area contributed by atoms with Gasteiger partial charge in [-0.1, -0.05) is 182 Å². The molecule has 2 unspecified atom stereocenters. The van der Waals surface area contributed by atoms with Crippen LogP contribution in [0.25, 0.3) is 0 Å². The van der Waals surface area contributed by atoms with Gasteiger partial charge in [-0.3, -0.25) is 0 Å². The second-order valence-electron chi connectivity index (χ2n) is 12.5. The summed E-state index contributed by atoms with van der Waals surface area (Å²) in [6, 6.07) is 0. The SMILES string of the molecule is CCCCCCCC(C)CCCCCCCCOS(=O)(=O)OCCCCCCCCC(C)CCCCCCC. The molecule has 236 valence electrons. The summed E-state index contributed by atoms with van der Waals surface area (Å²) in [7, 11) is -3.83. The third-order valence-electron chi connectivity index (χ3n) is 8.24. The molecular formula is C34H70O4S. The van der Waals surface area contributed by atoms with Gasteiger partial charge in [-0.2, -0.15) is 8.42 Å². The molecule has 2 atom stereocenters. The van der Waals surface area contributed by atoms with Crippen molar-refractivity contribution in [2.75, 3.05) is 13.2 Å². The van der Waals surface area contributed by atoms with Gasteiger partial charge in [-0.05, 0) is 24.7 Å². The molecular weight excluding hydrogens is 504 g/mol. The smallest absolute Gasteiger partial charge is 0.248 e. The Bertz CT molecular complexity index is 534. The van der Waals surface area contributed by atoms with Crippen molar-refractivity contribution < 1.29 is 16.8 Å². The van der Waals surface area contributed by atoms with E-state index in [1.165, 1.54) is 128 Å². The number of hydrogen-bond donors (Lipinski definition) is 0. The monoisotopic (exact) mass is 574 g/mol. The van der Waals surface area contributed by atoms with Crippen molar-refractivity contribution in [3.63, 3.8) is 0 Å². The van der Waals surface area contributed by atoms with Gasteiger partial charge in [0.2, 0.25) is 0 Å². The van der Waals surface area contributed by atoms with Crippen LogP contribution < -0.4 is 0 Å². The van der Waals surface area contributed by atoms with Crippen molar-refractivity contribution in [3.05, 3.63) is 0 Å². The second-order valence-corrected chi connectivity index (χ2v) is 13.8. The number of unbranched alkanes of at least 4 members (excludes halogenated alkanes) is 18. The summed E-state index contributed by atoms with van der Waals surface area (Å²) in [6.07, 6.45) is 33.0. The molecule has 39 heavy (non-hydrogen) atoms. The van der Waals surface area contributed by atoms with E-state index >= 15 is 0 Å². The van der Waals surface area contributed by atoms with Gasteiger partial charge < -0.3 is 0 Å². The lowest BCUT2D eigenvalue weighted by Crippen LogP contribution is -2.12. The first-order valence-corrected chi connectivity index (χ1v) is 18.8. The first-order chi connectivity index (χ1) is 18.9. The fourth-order valence-corrected chi connectivity index (χ4v) is 6.15. The molecule has 0 aliphatic rings. The van der Waals surface area contributed by atoms with Gasteiger partial charge in [-0.15, -0.1) is 0 Å². The molecule has 0 fully saturated rings. The quantitative estimate of drug-likeness (QED) is 0.0750. The minimum absolute atomic E-state index is 0.245. The summed E-state index contributed by atoms with van der Waals surface area (Å²) in [5.41, 5.74) is 0. The Morgan fingerprint density at radius 1 is 0.410 bits per heavy atom. The Kier molecular flexibility index (Phi) is 29.3. The zero-order chi connectivity index (χ0) is 28.9. The van der Waals surface area contributed by atoms with Crippen LogP contribution in [0, 0.1) is 11.8 Å². The molecule has 0 N–H and O–H groups in total. The van der Waals surface area contributed by atoms with Crippen molar-refractivity contribution in [1.29, 1.82) is 0 Å². The Labute approximate surface area is 246 Å². The van der Waals surface area contributed by atoms with Crippen LogP contribution in [0.3, 0.4) is 0 Å². The molecule has 4 nitrogen and oxygen atoms in total. The molecule has 0 aliphatic carbocycles. The Morgan fingerprint density at radius 2 is 0.667 bits per heavy atom. The first-order valence-electron chi connectivity index (χ1n) is 17.4. The fraction of sp³-hybridized carbons (Fsp3) is 1.00. The molecule has 0 amide bonds. The predicted molar refractivity (Wildman–Crippen MR) is 171 cm³/mol. The fourth-order valence-electron chi connectivity index (χ4n) is 5.44. The van der Waals surface area contributed by atoms with Crippen molar-refractivity contribution in [3.8, 4) is 0 Å². The lowest BCUT2D eigenvalue weighted by atomic mass is 9.96. The lowest BCUT2D eigenvalue weighted by Gasteiger charge is -2.11. The summed E-state index contributed by atoms with van der Waals surface area (Å²) in [5, 5.41) is 0. The molecule has 0 saturated carbocycles. The Hall–Kier alpha value is -0.130. The van der Waals surface area contributed by atoms with Crippen molar-refractivity contribution in [2.45, 2.75) is 195 Å². The molecule has 0 rings (SSSR count). The third-order valence-corrected chi connectivity index (χ3v) is 9.15. The van der Waals surface area contributed by atoms with Crippen molar-refractivity contribution >= 4 is 10.4 Å². The molecule has 0 saturated heterocycles. The zero-order valence-corrected chi connectivity index (χ0v) is 27.8.